The van der Waals surface area contributed by atoms with Gasteiger partial charge >= 0.3 is 0 Å². The topological polar surface area (TPSA) is 167 Å². The molecule has 4 aromatic carbocycles. The number of anilines is 3. The first-order valence-corrected chi connectivity index (χ1v) is 16.9. The Morgan fingerprint density at radius 1 is 0.857 bits per heavy atom. The van der Waals surface area contributed by atoms with Gasteiger partial charge in [-0.25, -0.2) is 0 Å². The van der Waals surface area contributed by atoms with Crippen LogP contribution in [0.3, 0.4) is 0 Å². The molecule has 12 nitrogen and oxygen atoms in total. The first kappa shape index (κ1) is 33.8. The number of hydrogen-bond acceptors (Lipinski definition) is 10. The van der Waals surface area contributed by atoms with Gasteiger partial charge in [-0.1, -0.05) is 78.5 Å². The molecular formula is C36H37N7O5S. The Morgan fingerprint density at radius 3 is 2.29 bits per heavy atom. The van der Waals surface area contributed by atoms with Crippen molar-refractivity contribution in [2.24, 2.45) is 0 Å². The zero-order valence-corrected chi connectivity index (χ0v) is 27.5. The number of ether oxygens (including phenoxy) is 2. The maximum absolute atomic E-state index is 12.6. The number of benzene rings is 4. The number of hydrogen-bond donors (Lipinski definition) is 4. The van der Waals surface area contributed by atoms with Gasteiger partial charge in [0.15, 0.2) is 6.29 Å². The highest BCUT2D eigenvalue weighted by Crippen LogP contribution is 2.39. The van der Waals surface area contributed by atoms with E-state index in [1.807, 2.05) is 78.9 Å². The van der Waals surface area contributed by atoms with Crippen molar-refractivity contribution < 1.29 is 24.2 Å². The van der Waals surface area contributed by atoms with Crippen molar-refractivity contribution in [3.05, 3.63) is 120 Å². The third-order valence-electron chi connectivity index (χ3n) is 7.96. The fraction of sp³-hybridized carbons (Fsp3) is 0.250. The lowest BCUT2D eigenvalue weighted by Gasteiger charge is -2.36. The maximum Gasteiger partial charge on any atom is 0.224 e. The molecule has 1 aliphatic heterocycles. The van der Waals surface area contributed by atoms with Crippen LogP contribution >= 0.6 is 11.8 Å². The number of rotatable bonds is 13. The molecule has 2 amide bonds. The number of para-hydroxylation sites is 3. The Labute approximate surface area is 288 Å². The van der Waals surface area contributed by atoms with Crippen LogP contribution in [0.25, 0.3) is 5.69 Å². The van der Waals surface area contributed by atoms with Crippen LogP contribution in [0.1, 0.15) is 54.8 Å². The molecule has 0 radical (unpaired) electrons. The number of nitrogens with two attached hydrogens (primary N) is 1. The van der Waals surface area contributed by atoms with Crippen LogP contribution in [0.4, 0.5) is 17.1 Å². The van der Waals surface area contributed by atoms with E-state index in [0.717, 1.165) is 22.4 Å². The summed E-state index contributed by atoms with van der Waals surface area (Å²) in [7, 11) is 0. The van der Waals surface area contributed by atoms with Gasteiger partial charge in [0.25, 0.3) is 0 Å². The van der Waals surface area contributed by atoms with Crippen LogP contribution in [0.5, 0.6) is 0 Å². The number of nitrogens with one attached hydrogen (secondary N) is 2. The maximum atomic E-state index is 12.6. The van der Waals surface area contributed by atoms with E-state index in [2.05, 4.69) is 26.2 Å². The molecule has 1 aromatic heterocycles. The molecule has 1 saturated heterocycles. The Balaban J connectivity index is 1.07. The predicted octanol–water partition coefficient (Wildman–Crippen LogP) is 5.82. The molecular weight excluding hydrogens is 643 g/mol. The molecule has 1 fully saturated rings. The highest BCUT2D eigenvalue weighted by Gasteiger charge is 2.32. The minimum absolute atomic E-state index is 0.0328. The highest BCUT2D eigenvalue weighted by atomic mass is 32.2. The molecule has 252 valence electrons. The van der Waals surface area contributed by atoms with E-state index in [0.29, 0.717) is 40.8 Å². The predicted molar refractivity (Wildman–Crippen MR) is 187 cm³/mol. The van der Waals surface area contributed by atoms with E-state index in [9.17, 15) is 14.7 Å². The second kappa shape index (κ2) is 16.3. The van der Waals surface area contributed by atoms with Gasteiger partial charge in [-0.2, -0.15) is 4.68 Å². The number of carbonyl (C=O) groups is 2. The number of thioether (sulfide) groups is 1. The zero-order chi connectivity index (χ0) is 34.0. The molecule has 5 N–H and O–H groups in total. The molecule has 0 bridgehead atoms. The average Bonchev–Trinajstić information content (AvgIpc) is 3.61. The summed E-state index contributed by atoms with van der Waals surface area (Å²) in [6.45, 7) is -0.0328. The van der Waals surface area contributed by atoms with Gasteiger partial charge in [-0.05, 0) is 64.4 Å². The number of aromatic nitrogens is 4. The van der Waals surface area contributed by atoms with Crippen LogP contribution in [-0.2, 0) is 25.7 Å². The van der Waals surface area contributed by atoms with Crippen LogP contribution < -0.4 is 16.4 Å². The minimum atomic E-state index is -0.658. The zero-order valence-electron chi connectivity index (χ0n) is 26.6. The van der Waals surface area contributed by atoms with Crippen LogP contribution in [0.15, 0.2) is 108 Å². The molecule has 0 aliphatic carbocycles. The lowest BCUT2D eigenvalue weighted by atomic mass is 10.0. The third-order valence-corrected chi connectivity index (χ3v) is 9.02. The van der Waals surface area contributed by atoms with Crippen molar-refractivity contribution in [1.29, 1.82) is 0 Å². The van der Waals surface area contributed by atoms with E-state index >= 15 is 0 Å². The number of nitrogen functional groups attached to an aromatic ring is 1. The summed E-state index contributed by atoms with van der Waals surface area (Å²) in [6.07, 6.45) is 0.289. The summed E-state index contributed by atoms with van der Waals surface area (Å²) in [5.41, 5.74) is 11.0. The van der Waals surface area contributed by atoms with Crippen molar-refractivity contribution in [3.8, 4) is 5.69 Å². The van der Waals surface area contributed by atoms with Crippen molar-refractivity contribution in [1.82, 2.24) is 20.2 Å². The van der Waals surface area contributed by atoms with Gasteiger partial charge in [-0.15, -0.1) is 5.10 Å². The number of aliphatic hydroxyl groups is 1. The first-order valence-electron chi connectivity index (χ1n) is 16.0. The first-order chi connectivity index (χ1) is 23.9. The molecule has 6 rings (SSSR count). The third kappa shape index (κ3) is 9.09. The summed E-state index contributed by atoms with van der Waals surface area (Å²) >= 11 is 1.51. The molecule has 0 saturated carbocycles. The molecule has 3 atom stereocenters. The summed E-state index contributed by atoms with van der Waals surface area (Å²) in [5.74, 6) is 0.200. The van der Waals surface area contributed by atoms with Crippen molar-refractivity contribution >= 4 is 40.6 Å². The average molecular weight is 680 g/mol. The summed E-state index contributed by atoms with van der Waals surface area (Å²) in [5, 5.41) is 28.1. The molecule has 49 heavy (non-hydrogen) atoms. The Bertz CT molecular complexity index is 1840. The van der Waals surface area contributed by atoms with Gasteiger partial charge in [-0.3, -0.25) is 9.59 Å². The Morgan fingerprint density at radius 2 is 1.55 bits per heavy atom. The monoisotopic (exact) mass is 679 g/mol. The number of tetrazole rings is 1. The highest BCUT2D eigenvalue weighted by molar-refractivity contribution is 7.99. The summed E-state index contributed by atoms with van der Waals surface area (Å²) < 4.78 is 14.6. The number of amides is 2. The Kier molecular flexibility index (Phi) is 11.3. The van der Waals surface area contributed by atoms with Gasteiger partial charge in [0.05, 0.1) is 35.9 Å². The van der Waals surface area contributed by atoms with Gasteiger partial charge in [0.1, 0.15) is 0 Å². The standard InChI is InChI=1S/C36H37N7O5S/c37-30-9-4-5-10-31(30)39-34(46)12-6-11-33(45)38-27-19-17-26(18-20-27)35-47-29(21-32(48-35)25-15-13-24(22-44)14-16-25)23-49-36-40-41-42-43(36)28-7-2-1-3-8-28/h1-5,7-10,13-20,29,32,35,44H,6,11-12,21-23,37H2,(H,38,45)(H,39,46). The van der Waals surface area contributed by atoms with Gasteiger partial charge < -0.3 is 30.9 Å². The largest absolute Gasteiger partial charge is 0.397 e. The van der Waals surface area contributed by atoms with E-state index < -0.39 is 6.29 Å². The second-order valence-corrected chi connectivity index (χ2v) is 12.5. The quantitative estimate of drug-likeness (QED) is 0.0880. The minimum Gasteiger partial charge on any atom is -0.397 e. The molecule has 2 heterocycles. The normalized spacial score (nSPS) is 17.4. The summed E-state index contributed by atoms with van der Waals surface area (Å²) in [4.78, 5) is 24.9. The van der Waals surface area contributed by atoms with E-state index in [1.165, 1.54) is 11.8 Å². The molecule has 5 aromatic rings. The van der Waals surface area contributed by atoms with Gasteiger partial charge in [0.2, 0.25) is 17.0 Å². The molecule has 1 aliphatic rings. The fourth-order valence-corrected chi connectivity index (χ4v) is 6.28. The number of aliphatic hydroxyl groups excluding tert-OH is 1. The molecule has 13 heteroatoms. The lowest BCUT2D eigenvalue weighted by Crippen LogP contribution is -2.31. The molecule has 0 spiro atoms. The van der Waals surface area contributed by atoms with Crippen LogP contribution in [-0.4, -0.2) is 49.0 Å². The fourth-order valence-electron chi connectivity index (χ4n) is 5.37. The Hall–Kier alpha value is -5.08. The van der Waals surface area contributed by atoms with Gasteiger partial charge in [0, 0.05) is 36.3 Å². The molecule has 3 unspecified atom stereocenters. The smallest absolute Gasteiger partial charge is 0.224 e. The SMILES string of the molecule is Nc1ccccc1NC(=O)CCCC(=O)Nc1ccc(C2OC(CSc3nnnn3-c3ccccc3)CC(c3ccc(CO)cc3)O2)cc1. The number of carbonyl (C=O) groups excluding carboxylic acids is 2. The van der Waals surface area contributed by atoms with Crippen molar-refractivity contribution in [3.63, 3.8) is 0 Å². The summed E-state index contributed by atoms with van der Waals surface area (Å²) in [6, 6.07) is 31.8. The van der Waals surface area contributed by atoms with E-state index in [-0.39, 0.29) is 43.5 Å². The van der Waals surface area contributed by atoms with E-state index in [1.54, 1.807) is 28.9 Å². The van der Waals surface area contributed by atoms with Crippen LogP contribution in [0.2, 0.25) is 0 Å². The van der Waals surface area contributed by atoms with E-state index in [4.69, 9.17) is 15.2 Å². The van der Waals surface area contributed by atoms with Crippen molar-refractivity contribution in [2.45, 2.75) is 55.9 Å². The second-order valence-electron chi connectivity index (χ2n) is 11.5. The lowest BCUT2D eigenvalue weighted by molar-refractivity contribution is -0.245. The number of nitrogens with zero attached hydrogens (tertiary/aromatic N) is 4. The van der Waals surface area contributed by atoms with Crippen LogP contribution in [0, 0.1) is 0 Å². The van der Waals surface area contributed by atoms with Crippen molar-refractivity contribution in [2.75, 3.05) is 22.1 Å².